The minimum atomic E-state index is -0.0796. The van der Waals surface area contributed by atoms with Gasteiger partial charge in [0.25, 0.3) is 5.91 Å². The maximum Gasteiger partial charge on any atom is 0.262 e. The van der Waals surface area contributed by atoms with Crippen LogP contribution in [-0.4, -0.2) is 43.2 Å². The highest BCUT2D eigenvalue weighted by Crippen LogP contribution is 2.13. The molecule has 110 valence electrons. The third kappa shape index (κ3) is 5.31. The van der Waals surface area contributed by atoms with Crippen molar-refractivity contribution >= 4 is 24.5 Å². The molecular formula is C15H22ClN3O. The van der Waals surface area contributed by atoms with Gasteiger partial charge in [-0.1, -0.05) is 30.3 Å². The zero-order valence-electron chi connectivity index (χ0n) is 11.8. The molecule has 0 unspecified atom stereocenters. The largest absolute Gasteiger partial charge is 0.348 e. The average Bonchev–Trinajstić information content (AvgIpc) is 2.42. The Balaban J connectivity index is 0.00000200. The van der Waals surface area contributed by atoms with E-state index in [4.69, 9.17) is 0 Å². The molecule has 1 heterocycles. The number of likely N-dealkylation sites (tertiary alicyclic amines) is 1. The second-order valence-corrected chi connectivity index (χ2v) is 4.93. The number of benzene rings is 1. The van der Waals surface area contributed by atoms with E-state index in [2.05, 4.69) is 39.5 Å². The SMILES string of the molecule is CN=CC(=O)NC1CCN(Cc2ccccc2)CC1.Cl. The first kappa shape index (κ1) is 16.7. The molecule has 1 aromatic carbocycles. The summed E-state index contributed by atoms with van der Waals surface area (Å²) in [4.78, 5) is 17.6. The molecule has 20 heavy (non-hydrogen) atoms. The molecule has 1 aromatic rings. The van der Waals surface area contributed by atoms with E-state index in [0.717, 1.165) is 32.5 Å². The van der Waals surface area contributed by atoms with E-state index >= 15 is 0 Å². The maximum atomic E-state index is 11.4. The molecular weight excluding hydrogens is 274 g/mol. The lowest BCUT2D eigenvalue weighted by molar-refractivity contribution is -0.115. The van der Waals surface area contributed by atoms with Gasteiger partial charge in [0.1, 0.15) is 0 Å². The van der Waals surface area contributed by atoms with Crippen LogP contribution >= 0.6 is 12.4 Å². The van der Waals surface area contributed by atoms with Crippen molar-refractivity contribution in [1.82, 2.24) is 10.2 Å². The van der Waals surface area contributed by atoms with Crippen LogP contribution in [0.3, 0.4) is 0 Å². The first-order valence-corrected chi connectivity index (χ1v) is 6.77. The number of halogens is 1. The maximum absolute atomic E-state index is 11.4. The van der Waals surface area contributed by atoms with E-state index < -0.39 is 0 Å². The Bertz CT molecular complexity index is 428. The Hall–Kier alpha value is -1.39. The lowest BCUT2D eigenvalue weighted by Crippen LogP contribution is -2.44. The fourth-order valence-corrected chi connectivity index (χ4v) is 2.43. The lowest BCUT2D eigenvalue weighted by atomic mass is 10.0. The number of hydrogen-bond acceptors (Lipinski definition) is 3. The van der Waals surface area contributed by atoms with Gasteiger partial charge in [-0.05, 0) is 18.4 Å². The van der Waals surface area contributed by atoms with E-state index in [1.165, 1.54) is 11.8 Å². The first-order chi connectivity index (χ1) is 9.28. The summed E-state index contributed by atoms with van der Waals surface area (Å²) in [6, 6.07) is 10.8. The number of carbonyl (C=O) groups is 1. The zero-order valence-corrected chi connectivity index (χ0v) is 12.6. The van der Waals surface area contributed by atoms with Crippen molar-refractivity contribution in [3.63, 3.8) is 0 Å². The molecule has 2 rings (SSSR count). The van der Waals surface area contributed by atoms with Gasteiger partial charge in [-0.15, -0.1) is 12.4 Å². The monoisotopic (exact) mass is 295 g/mol. The quantitative estimate of drug-likeness (QED) is 0.862. The summed E-state index contributed by atoms with van der Waals surface area (Å²) >= 11 is 0. The van der Waals surface area contributed by atoms with E-state index in [9.17, 15) is 4.79 Å². The molecule has 0 spiro atoms. The molecule has 5 heteroatoms. The van der Waals surface area contributed by atoms with Gasteiger partial charge in [-0.3, -0.25) is 14.7 Å². The highest BCUT2D eigenvalue weighted by molar-refractivity contribution is 6.26. The fraction of sp³-hybridized carbons (Fsp3) is 0.467. The molecule has 1 N–H and O–H groups in total. The number of carbonyl (C=O) groups excluding carboxylic acids is 1. The van der Waals surface area contributed by atoms with Crippen LogP contribution in [0.5, 0.6) is 0 Å². The number of aliphatic imine (C=N–C) groups is 1. The van der Waals surface area contributed by atoms with Crippen LogP contribution in [0.4, 0.5) is 0 Å². The average molecular weight is 296 g/mol. The lowest BCUT2D eigenvalue weighted by Gasteiger charge is -2.32. The predicted octanol–water partition coefficient (Wildman–Crippen LogP) is 1.89. The van der Waals surface area contributed by atoms with Crippen molar-refractivity contribution in [2.75, 3.05) is 20.1 Å². The third-order valence-electron chi connectivity index (χ3n) is 3.43. The van der Waals surface area contributed by atoms with Crippen molar-refractivity contribution in [2.45, 2.75) is 25.4 Å². The first-order valence-electron chi connectivity index (χ1n) is 6.77. The molecule has 1 fully saturated rings. The second kappa shape index (κ2) is 8.72. The predicted molar refractivity (Wildman–Crippen MR) is 84.5 cm³/mol. The molecule has 0 saturated carbocycles. The Morgan fingerprint density at radius 3 is 2.60 bits per heavy atom. The molecule has 0 atom stereocenters. The van der Waals surface area contributed by atoms with Crippen molar-refractivity contribution in [3.05, 3.63) is 35.9 Å². The summed E-state index contributed by atoms with van der Waals surface area (Å²) < 4.78 is 0. The summed E-state index contributed by atoms with van der Waals surface area (Å²) in [5.41, 5.74) is 1.35. The van der Waals surface area contributed by atoms with Crippen LogP contribution in [-0.2, 0) is 11.3 Å². The topological polar surface area (TPSA) is 44.7 Å². The molecule has 4 nitrogen and oxygen atoms in total. The van der Waals surface area contributed by atoms with Gasteiger partial charge >= 0.3 is 0 Å². The number of piperidine rings is 1. The van der Waals surface area contributed by atoms with Crippen molar-refractivity contribution in [2.24, 2.45) is 4.99 Å². The minimum Gasteiger partial charge on any atom is -0.348 e. The van der Waals surface area contributed by atoms with Crippen LogP contribution in [0.2, 0.25) is 0 Å². The molecule has 1 saturated heterocycles. The zero-order chi connectivity index (χ0) is 13.5. The van der Waals surface area contributed by atoms with Crippen LogP contribution < -0.4 is 5.32 Å². The highest BCUT2D eigenvalue weighted by atomic mass is 35.5. The van der Waals surface area contributed by atoms with Crippen LogP contribution in [0, 0.1) is 0 Å². The van der Waals surface area contributed by atoms with Crippen LogP contribution in [0.15, 0.2) is 35.3 Å². The summed E-state index contributed by atoms with van der Waals surface area (Å²) in [7, 11) is 1.61. The van der Waals surface area contributed by atoms with Gasteiger partial charge in [0, 0.05) is 32.7 Å². The van der Waals surface area contributed by atoms with Crippen molar-refractivity contribution in [3.8, 4) is 0 Å². The Kier molecular flexibility index (Phi) is 7.26. The minimum absolute atomic E-state index is 0. The van der Waals surface area contributed by atoms with Gasteiger partial charge in [0.15, 0.2) is 0 Å². The summed E-state index contributed by atoms with van der Waals surface area (Å²) in [6.45, 7) is 3.06. The van der Waals surface area contributed by atoms with Crippen LogP contribution in [0.25, 0.3) is 0 Å². The Morgan fingerprint density at radius 2 is 2.00 bits per heavy atom. The Labute approximate surface area is 126 Å². The molecule has 1 aliphatic rings. The molecule has 0 aromatic heterocycles. The second-order valence-electron chi connectivity index (χ2n) is 4.93. The van der Waals surface area contributed by atoms with Crippen molar-refractivity contribution < 1.29 is 4.79 Å². The number of nitrogens with one attached hydrogen (secondary N) is 1. The summed E-state index contributed by atoms with van der Waals surface area (Å²) in [6.07, 6.45) is 3.36. The van der Waals surface area contributed by atoms with Gasteiger partial charge < -0.3 is 5.32 Å². The molecule has 0 aliphatic carbocycles. The standard InChI is InChI=1S/C15H21N3O.ClH/c1-16-11-15(19)17-14-7-9-18(10-8-14)12-13-5-3-2-4-6-13;/h2-6,11,14H,7-10,12H2,1H3,(H,17,19);1H. The fourth-order valence-electron chi connectivity index (χ4n) is 2.43. The molecule has 1 aliphatic heterocycles. The summed E-state index contributed by atoms with van der Waals surface area (Å²) in [5.74, 6) is -0.0796. The van der Waals surface area contributed by atoms with E-state index in [0.29, 0.717) is 0 Å². The van der Waals surface area contributed by atoms with Gasteiger partial charge in [0.05, 0.1) is 6.21 Å². The van der Waals surface area contributed by atoms with Crippen LogP contribution in [0.1, 0.15) is 18.4 Å². The van der Waals surface area contributed by atoms with Gasteiger partial charge in [0.2, 0.25) is 0 Å². The number of rotatable bonds is 4. The summed E-state index contributed by atoms with van der Waals surface area (Å²) in [5, 5.41) is 2.99. The third-order valence-corrected chi connectivity index (χ3v) is 3.43. The normalized spacial score (nSPS) is 16.9. The van der Waals surface area contributed by atoms with E-state index in [-0.39, 0.29) is 24.4 Å². The molecule has 1 amide bonds. The Morgan fingerprint density at radius 1 is 1.35 bits per heavy atom. The number of amides is 1. The smallest absolute Gasteiger partial charge is 0.262 e. The molecule has 0 bridgehead atoms. The van der Waals surface area contributed by atoms with Crippen molar-refractivity contribution in [1.29, 1.82) is 0 Å². The number of nitrogens with zero attached hydrogens (tertiary/aromatic N) is 2. The van der Waals surface area contributed by atoms with E-state index in [1.807, 2.05) is 6.07 Å². The van der Waals surface area contributed by atoms with E-state index in [1.54, 1.807) is 7.05 Å². The number of hydrogen-bond donors (Lipinski definition) is 1. The van der Waals surface area contributed by atoms with Gasteiger partial charge in [-0.2, -0.15) is 0 Å². The highest BCUT2D eigenvalue weighted by Gasteiger charge is 2.19. The van der Waals surface area contributed by atoms with Gasteiger partial charge in [-0.25, -0.2) is 0 Å². The molecule has 0 radical (unpaired) electrons.